The minimum absolute atomic E-state index is 0.282. The quantitative estimate of drug-likeness (QED) is 0.351. The van der Waals surface area contributed by atoms with Crippen molar-refractivity contribution >= 4 is 13.8 Å². The number of ether oxygens (including phenoxy) is 2. The van der Waals surface area contributed by atoms with Crippen LogP contribution in [0.4, 0.5) is 0 Å². The smallest absolute Gasteiger partial charge is 0.469 e. The topological polar surface area (TPSA) is 163 Å². The summed E-state index contributed by atoms with van der Waals surface area (Å²) in [4.78, 5) is 28.0. The van der Waals surface area contributed by atoms with Gasteiger partial charge in [0.1, 0.15) is 18.3 Å². The SMILES string of the molecule is O=C(O)[C@]12C[C@@H](O)[C@H](O1)[C@@H]([C@H](O)COP(=O)(O)O)O2. The maximum absolute atomic E-state index is 11.0. The van der Waals surface area contributed by atoms with E-state index in [2.05, 4.69) is 4.52 Å². The van der Waals surface area contributed by atoms with E-state index >= 15 is 0 Å². The molecule has 2 saturated heterocycles. The summed E-state index contributed by atoms with van der Waals surface area (Å²) < 4.78 is 24.6. The van der Waals surface area contributed by atoms with Crippen LogP contribution >= 0.6 is 7.82 Å². The Labute approximate surface area is 106 Å². The molecule has 5 atom stereocenters. The average molecular weight is 300 g/mol. The molecule has 2 aliphatic heterocycles. The molecule has 11 heteroatoms. The van der Waals surface area contributed by atoms with Gasteiger partial charge in [-0.15, -0.1) is 0 Å². The summed E-state index contributed by atoms with van der Waals surface area (Å²) in [6, 6.07) is 0. The van der Waals surface area contributed by atoms with Crippen LogP contribution in [0.15, 0.2) is 0 Å². The Bertz CT molecular complexity index is 420. The number of carboxylic acid groups (broad SMARTS) is 1. The Morgan fingerprint density at radius 2 is 2.11 bits per heavy atom. The third-order valence-corrected chi connectivity index (χ3v) is 3.44. The van der Waals surface area contributed by atoms with Gasteiger partial charge >= 0.3 is 13.8 Å². The number of phosphoric acid groups is 1. The molecule has 2 fully saturated rings. The number of rotatable bonds is 5. The second-order valence-corrected chi connectivity index (χ2v) is 5.59. The first kappa shape index (κ1) is 14.8. The predicted octanol–water partition coefficient (Wildman–Crippen LogP) is -2.21. The summed E-state index contributed by atoms with van der Waals surface area (Å²) in [6.45, 7) is -0.781. The van der Waals surface area contributed by atoms with Crippen LogP contribution in [0.5, 0.6) is 0 Å². The fraction of sp³-hybridized carbons (Fsp3) is 0.875. The summed E-state index contributed by atoms with van der Waals surface area (Å²) in [7, 11) is -4.76. The summed E-state index contributed by atoms with van der Waals surface area (Å²) in [5.74, 6) is -3.47. The summed E-state index contributed by atoms with van der Waals surface area (Å²) in [6.07, 6.45) is -5.32. The van der Waals surface area contributed by atoms with Gasteiger partial charge in [-0.2, -0.15) is 0 Å². The Hall–Kier alpha value is -0.580. The molecule has 0 spiro atoms. The Balaban J connectivity index is 2.03. The molecule has 2 heterocycles. The highest BCUT2D eigenvalue weighted by molar-refractivity contribution is 7.46. The zero-order valence-electron chi connectivity index (χ0n) is 9.45. The van der Waals surface area contributed by atoms with E-state index in [4.69, 9.17) is 24.4 Å². The second-order valence-electron chi connectivity index (χ2n) is 4.35. The molecule has 0 saturated carbocycles. The number of carboxylic acids is 1. The third-order valence-electron chi connectivity index (χ3n) is 2.95. The molecule has 0 aliphatic carbocycles. The summed E-state index contributed by atoms with van der Waals surface area (Å²) >= 11 is 0. The van der Waals surface area contributed by atoms with Gasteiger partial charge in [0.05, 0.1) is 12.7 Å². The predicted molar refractivity (Wildman–Crippen MR) is 54.7 cm³/mol. The van der Waals surface area contributed by atoms with Crippen molar-refractivity contribution in [1.82, 2.24) is 0 Å². The van der Waals surface area contributed by atoms with Crippen molar-refractivity contribution in [3.05, 3.63) is 0 Å². The lowest BCUT2D eigenvalue weighted by molar-refractivity contribution is -0.208. The van der Waals surface area contributed by atoms with Crippen molar-refractivity contribution in [3.63, 3.8) is 0 Å². The Morgan fingerprint density at radius 3 is 2.58 bits per heavy atom. The van der Waals surface area contributed by atoms with Crippen molar-refractivity contribution in [3.8, 4) is 0 Å². The number of aliphatic hydroxyl groups excluding tert-OH is 2. The first-order chi connectivity index (χ1) is 8.65. The van der Waals surface area contributed by atoms with Gasteiger partial charge < -0.3 is 34.6 Å². The van der Waals surface area contributed by atoms with Crippen LogP contribution in [-0.2, 0) is 23.4 Å². The van der Waals surface area contributed by atoms with Gasteiger partial charge in [0.25, 0.3) is 5.79 Å². The van der Waals surface area contributed by atoms with Crippen LogP contribution in [0.1, 0.15) is 6.42 Å². The van der Waals surface area contributed by atoms with Gasteiger partial charge in [-0.1, -0.05) is 0 Å². The molecule has 5 N–H and O–H groups in total. The number of aliphatic hydroxyl groups is 2. The number of hydrogen-bond donors (Lipinski definition) is 5. The average Bonchev–Trinajstić information content (AvgIpc) is 2.80. The van der Waals surface area contributed by atoms with E-state index in [9.17, 15) is 19.6 Å². The first-order valence-corrected chi connectivity index (χ1v) is 6.83. The normalized spacial score (nSPS) is 39.5. The molecule has 19 heavy (non-hydrogen) atoms. The zero-order valence-corrected chi connectivity index (χ0v) is 10.3. The van der Waals surface area contributed by atoms with Crippen LogP contribution in [0.3, 0.4) is 0 Å². The van der Waals surface area contributed by atoms with Crippen LogP contribution in [0, 0.1) is 0 Å². The van der Waals surface area contributed by atoms with E-state index in [1.54, 1.807) is 0 Å². The van der Waals surface area contributed by atoms with Gasteiger partial charge in [0.2, 0.25) is 0 Å². The lowest BCUT2D eigenvalue weighted by Gasteiger charge is -2.29. The fourth-order valence-electron chi connectivity index (χ4n) is 2.14. The van der Waals surface area contributed by atoms with E-state index in [1.807, 2.05) is 0 Å². The molecule has 2 aliphatic rings. The largest absolute Gasteiger partial charge is 0.477 e. The zero-order chi connectivity index (χ0) is 14.4. The van der Waals surface area contributed by atoms with Crippen LogP contribution in [0.25, 0.3) is 0 Å². The van der Waals surface area contributed by atoms with Crippen LogP contribution in [-0.4, -0.2) is 67.9 Å². The van der Waals surface area contributed by atoms with E-state index < -0.39 is 50.6 Å². The van der Waals surface area contributed by atoms with Crippen molar-refractivity contribution in [2.45, 2.75) is 36.6 Å². The van der Waals surface area contributed by atoms with Gasteiger partial charge in [0.15, 0.2) is 0 Å². The molecule has 0 aromatic carbocycles. The lowest BCUT2D eigenvalue weighted by atomic mass is 9.98. The molecular formula is C8H13O10P. The highest BCUT2D eigenvalue weighted by Crippen LogP contribution is 2.44. The van der Waals surface area contributed by atoms with Gasteiger partial charge in [0, 0.05) is 6.42 Å². The molecule has 110 valence electrons. The number of hydrogen-bond acceptors (Lipinski definition) is 7. The molecule has 0 radical (unpaired) electrons. The van der Waals surface area contributed by atoms with E-state index in [0.717, 1.165) is 0 Å². The highest BCUT2D eigenvalue weighted by Gasteiger charge is 2.64. The van der Waals surface area contributed by atoms with Gasteiger partial charge in [-0.25, -0.2) is 9.36 Å². The molecule has 2 bridgehead atoms. The number of aliphatic carboxylic acids is 1. The molecule has 0 amide bonds. The first-order valence-electron chi connectivity index (χ1n) is 5.30. The van der Waals surface area contributed by atoms with Crippen molar-refractivity contribution in [1.29, 1.82) is 0 Å². The third kappa shape index (κ3) is 2.81. The molecule has 0 unspecified atom stereocenters. The Kier molecular flexibility index (Phi) is 3.71. The molecular weight excluding hydrogens is 287 g/mol. The van der Waals surface area contributed by atoms with E-state index in [1.165, 1.54) is 0 Å². The number of carbonyl (C=O) groups is 1. The van der Waals surface area contributed by atoms with E-state index in [0.29, 0.717) is 0 Å². The van der Waals surface area contributed by atoms with Crippen molar-refractivity contribution in [2.24, 2.45) is 0 Å². The van der Waals surface area contributed by atoms with Crippen LogP contribution < -0.4 is 0 Å². The summed E-state index contributed by atoms with van der Waals surface area (Å²) in [5, 5.41) is 28.2. The van der Waals surface area contributed by atoms with Crippen LogP contribution in [0.2, 0.25) is 0 Å². The van der Waals surface area contributed by atoms with Gasteiger partial charge in [-0.05, 0) is 0 Å². The monoisotopic (exact) mass is 300 g/mol. The van der Waals surface area contributed by atoms with Crippen molar-refractivity contribution < 1.29 is 48.5 Å². The fourth-order valence-corrected chi connectivity index (χ4v) is 2.49. The Morgan fingerprint density at radius 1 is 1.47 bits per heavy atom. The highest BCUT2D eigenvalue weighted by atomic mass is 31.2. The minimum Gasteiger partial charge on any atom is -0.477 e. The number of phosphoric ester groups is 1. The summed E-state index contributed by atoms with van der Waals surface area (Å²) in [5.41, 5.74) is 0. The maximum Gasteiger partial charge on any atom is 0.469 e. The molecule has 2 rings (SSSR count). The molecule has 0 aromatic heterocycles. The molecule has 10 nitrogen and oxygen atoms in total. The minimum atomic E-state index is -4.76. The lowest BCUT2D eigenvalue weighted by Crippen LogP contribution is -2.49. The second kappa shape index (κ2) is 4.76. The van der Waals surface area contributed by atoms with Gasteiger partial charge in [-0.3, -0.25) is 4.52 Å². The maximum atomic E-state index is 11.0. The standard InChI is InChI=1S/C8H13O10P/c9-3-1-8(7(11)12)17-5(3)6(18-8)4(10)2-16-19(13,14)15/h3-6,9-10H,1-2H2,(H,11,12)(H2,13,14,15)/t3-,4-,5+,6-,8-/m1/s1. The van der Waals surface area contributed by atoms with Crippen molar-refractivity contribution in [2.75, 3.05) is 6.61 Å². The van der Waals surface area contributed by atoms with E-state index in [-0.39, 0.29) is 6.42 Å². The number of fused-ring (bicyclic) bond motifs is 2. The molecule has 0 aromatic rings.